The van der Waals surface area contributed by atoms with Gasteiger partial charge in [-0.3, -0.25) is 0 Å². The SMILES string of the molecule is O=C(O)c1ccc(Oc2ccc(Br)cc2)cn1. The van der Waals surface area contributed by atoms with Crippen LogP contribution < -0.4 is 4.74 Å². The molecule has 0 saturated heterocycles. The summed E-state index contributed by atoms with van der Waals surface area (Å²) in [5.74, 6) is 0.107. The topological polar surface area (TPSA) is 59.4 Å². The number of aromatic nitrogens is 1. The van der Waals surface area contributed by atoms with Gasteiger partial charge in [-0.2, -0.15) is 0 Å². The minimum Gasteiger partial charge on any atom is -0.477 e. The van der Waals surface area contributed by atoms with Gasteiger partial charge in [0.1, 0.15) is 17.2 Å². The van der Waals surface area contributed by atoms with Gasteiger partial charge in [0.05, 0.1) is 6.20 Å². The molecule has 4 nitrogen and oxygen atoms in total. The highest BCUT2D eigenvalue weighted by atomic mass is 79.9. The Labute approximate surface area is 106 Å². The average molecular weight is 294 g/mol. The molecule has 1 heterocycles. The van der Waals surface area contributed by atoms with Crippen LogP contribution in [0.2, 0.25) is 0 Å². The molecule has 0 radical (unpaired) electrons. The van der Waals surface area contributed by atoms with E-state index < -0.39 is 5.97 Å². The van der Waals surface area contributed by atoms with Gasteiger partial charge in [0.25, 0.3) is 0 Å². The molecule has 0 atom stereocenters. The predicted molar refractivity (Wildman–Crippen MR) is 65.4 cm³/mol. The van der Waals surface area contributed by atoms with Crippen molar-refractivity contribution in [2.45, 2.75) is 0 Å². The van der Waals surface area contributed by atoms with Crippen LogP contribution in [0.25, 0.3) is 0 Å². The fourth-order valence-electron chi connectivity index (χ4n) is 1.21. The second kappa shape index (κ2) is 4.97. The second-order valence-electron chi connectivity index (χ2n) is 3.24. The van der Waals surface area contributed by atoms with Crippen molar-refractivity contribution in [2.75, 3.05) is 0 Å². The summed E-state index contributed by atoms with van der Waals surface area (Å²) in [7, 11) is 0. The lowest BCUT2D eigenvalue weighted by atomic mass is 10.3. The van der Waals surface area contributed by atoms with Crippen LogP contribution in [0.1, 0.15) is 10.5 Å². The first-order chi connectivity index (χ1) is 8.15. The number of carboxylic acids is 1. The maximum absolute atomic E-state index is 10.6. The number of pyridine rings is 1. The molecule has 1 aromatic heterocycles. The summed E-state index contributed by atoms with van der Waals surface area (Å²) in [4.78, 5) is 14.4. The van der Waals surface area contributed by atoms with Crippen LogP contribution in [0.3, 0.4) is 0 Å². The van der Waals surface area contributed by atoms with Gasteiger partial charge >= 0.3 is 5.97 Å². The number of ether oxygens (including phenoxy) is 1. The van der Waals surface area contributed by atoms with Crippen molar-refractivity contribution in [1.82, 2.24) is 4.98 Å². The van der Waals surface area contributed by atoms with Crippen molar-refractivity contribution >= 4 is 21.9 Å². The zero-order valence-corrected chi connectivity index (χ0v) is 10.2. The highest BCUT2D eigenvalue weighted by Gasteiger charge is 2.04. The van der Waals surface area contributed by atoms with Gasteiger partial charge in [0, 0.05) is 4.47 Å². The van der Waals surface area contributed by atoms with Crippen molar-refractivity contribution in [1.29, 1.82) is 0 Å². The molecule has 0 saturated carbocycles. The molecule has 0 amide bonds. The summed E-state index contributed by atoms with van der Waals surface area (Å²) >= 11 is 3.32. The molecule has 0 fully saturated rings. The van der Waals surface area contributed by atoms with Gasteiger partial charge in [-0.1, -0.05) is 15.9 Å². The van der Waals surface area contributed by atoms with Gasteiger partial charge in [-0.15, -0.1) is 0 Å². The van der Waals surface area contributed by atoms with Crippen molar-refractivity contribution in [3.63, 3.8) is 0 Å². The van der Waals surface area contributed by atoms with E-state index in [-0.39, 0.29) is 5.69 Å². The molecule has 17 heavy (non-hydrogen) atoms. The quantitative estimate of drug-likeness (QED) is 0.943. The molecule has 1 N–H and O–H groups in total. The molecule has 2 rings (SSSR count). The fourth-order valence-corrected chi connectivity index (χ4v) is 1.47. The average Bonchev–Trinajstić information content (AvgIpc) is 2.33. The number of hydrogen-bond donors (Lipinski definition) is 1. The molecule has 86 valence electrons. The summed E-state index contributed by atoms with van der Waals surface area (Å²) in [6, 6.07) is 10.3. The summed E-state index contributed by atoms with van der Waals surface area (Å²) in [6.07, 6.45) is 1.38. The zero-order valence-electron chi connectivity index (χ0n) is 8.63. The molecule has 1 aromatic carbocycles. The van der Waals surface area contributed by atoms with E-state index >= 15 is 0 Å². The van der Waals surface area contributed by atoms with Crippen LogP contribution >= 0.6 is 15.9 Å². The first kappa shape index (κ1) is 11.6. The molecule has 0 unspecified atom stereocenters. The highest BCUT2D eigenvalue weighted by molar-refractivity contribution is 9.10. The number of nitrogens with zero attached hydrogens (tertiary/aromatic N) is 1. The van der Waals surface area contributed by atoms with Crippen LogP contribution in [0, 0.1) is 0 Å². The molecule has 0 aliphatic heterocycles. The van der Waals surface area contributed by atoms with Gasteiger partial charge in [-0.25, -0.2) is 9.78 Å². The standard InChI is InChI=1S/C12H8BrNO3/c13-8-1-3-9(4-2-8)17-10-5-6-11(12(15)16)14-7-10/h1-7H,(H,15,16). The number of halogens is 1. The van der Waals surface area contributed by atoms with Crippen LogP contribution in [-0.4, -0.2) is 16.1 Å². The number of hydrogen-bond acceptors (Lipinski definition) is 3. The van der Waals surface area contributed by atoms with Crippen molar-refractivity contribution in [2.24, 2.45) is 0 Å². The Morgan fingerprint density at radius 2 is 1.76 bits per heavy atom. The molecule has 0 aliphatic rings. The Morgan fingerprint density at radius 1 is 1.12 bits per heavy atom. The van der Waals surface area contributed by atoms with E-state index in [1.807, 2.05) is 12.1 Å². The van der Waals surface area contributed by atoms with Crippen LogP contribution in [-0.2, 0) is 0 Å². The van der Waals surface area contributed by atoms with Gasteiger partial charge in [0.15, 0.2) is 0 Å². The van der Waals surface area contributed by atoms with E-state index in [4.69, 9.17) is 9.84 Å². The third kappa shape index (κ3) is 3.04. The van der Waals surface area contributed by atoms with Gasteiger partial charge in [-0.05, 0) is 36.4 Å². The zero-order chi connectivity index (χ0) is 12.3. The lowest BCUT2D eigenvalue weighted by Gasteiger charge is -2.05. The van der Waals surface area contributed by atoms with E-state index in [1.165, 1.54) is 12.3 Å². The lowest BCUT2D eigenvalue weighted by molar-refractivity contribution is 0.0690. The van der Waals surface area contributed by atoms with Gasteiger partial charge < -0.3 is 9.84 Å². The first-order valence-electron chi connectivity index (χ1n) is 4.78. The molecule has 0 spiro atoms. The Kier molecular flexibility index (Phi) is 3.39. The fraction of sp³-hybridized carbons (Fsp3) is 0. The maximum atomic E-state index is 10.6. The number of carbonyl (C=O) groups is 1. The monoisotopic (exact) mass is 293 g/mol. The normalized spacial score (nSPS) is 9.94. The Hall–Kier alpha value is -1.88. The molecule has 2 aromatic rings. The predicted octanol–water partition coefficient (Wildman–Crippen LogP) is 3.33. The Morgan fingerprint density at radius 3 is 2.29 bits per heavy atom. The molecule has 5 heteroatoms. The van der Waals surface area contributed by atoms with E-state index in [0.717, 1.165) is 4.47 Å². The lowest BCUT2D eigenvalue weighted by Crippen LogP contribution is -1.99. The second-order valence-corrected chi connectivity index (χ2v) is 4.16. The summed E-state index contributed by atoms with van der Waals surface area (Å²) in [5.41, 5.74) is -0.00634. The van der Waals surface area contributed by atoms with E-state index in [2.05, 4.69) is 20.9 Å². The number of carboxylic acid groups (broad SMARTS) is 1. The largest absolute Gasteiger partial charge is 0.477 e. The summed E-state index contributed by atoms with van der Waals surface area (Å²) in [5, 5.41) is 8.69. The van der Waals surface area contributed by atoms with Crippen molar-refractivity contribution in [3.8, 4) is 11.5 Å². The van der Waals surface area contributed by atoms with Crippen LogP contribution in [0.15, 0.2) is 47.1 Å². The number of benzene rings is 1. The molecular formula is C12H8BrNO3. The maximum Gasteiger partial charge on any atom is 0.354 e. The minimum atomic E-state index is -1.06. The van der Waals surface area contributed by atoms with Crippen LogP contribution in [0.4, 0.5) is 0 Å². The van der Waals surface area contributed by atoms with Gasteiger partial charge in [0.2, 0.25) is 0 Å². The Bertz CT molecular complexity index is 522. The smallest absolute Gasteiger partial charge is 0.354 e. The molecule has 0 bridgehead atoms. The van der Waals surface area contributed by atoms with Crippen molar-refractivity contribution in [3.05, 3.63) is 52.8 Å². The van der Waals surface area contributed by atoms with Crippen molar-refractivity contribution < 1.29 is 14.6 Å². The Balaban J connectivity index is 2.13. The van der Waals surface area contributed by atoms with E-state index in [1.54, 1.807) is 18.2 Å². The minimum absolute atomic E-state index is 0.00634. The number of aromatic carboxylic acids is 1. The summed E-state index contributed by atoms with van der Waals surface area (Å²) < 4.78 is 6.45. The summed E-state index contributed by atoms with van der Waals surface area (Å²) in [6.45, 7) is 0. The third-order valence-electron chi connectivity index (χ3n) is 2.00. The van der Waals surface area contributed by atoms with E-state index in [9.17, 15) is 4.79 Å². The first-order valence-corrected chi connectivity index (χ1v) is 5.57. The van der Waals surface area contributed by atoms with E-state index in [0.29, 0.717) is 11.5 Å². The third-order valence-corrected chi connectivity index (χ3v) is 2.53. The highest BCUT2D eigenvalue weighted by Crippen LogP contribution is 2.22. The molecular weight excluding hydrogens is 286 g/mol. The number of rotatable bonds is 3. The molecule has 0 aliphatic carbocycles. The van der Waals surface area contributed by atoms with Crippen LogP contribution in [0.5, 0.6) is 11.5 Å².